The largest absolute Gasteiger partial charge is 0.482 e. The Morgan fingerprint density at radius 1 is 1.12 bits per heavy atom. The zero-order valence-corrected chi connectivity index (χ0v) is 15.0. The molecule has 134 valence electrons. The molecule has 0 saturated carbocycles. The number of carbonyl (C=O) groups is 1. The van der Waals surface area contributed by atoms with E-state index in [9.17, 15) is 13.2 Å². The molecule has 0 fully saturated rings. The van der Waals surface area contributed by atoms with E-state index in [2.05, 4.69) is 9.46 Å². The normalized spacial score (nSPS) is 11.1. The third kappa shape index (κ3) is 5.58. The Kier molecular flexibility index (Phi) is 6.55. The van der Waals surface area contributed by atoms with Crippen LogP contribution in [0.3, 0.4) is 0 Å². The van der Waals surface area contributed by atoms with Crippen LogP contribution in [0.5, 0.6) is 5.75 Å². The molecule has 25 heavy (non-hydrogen) atoms. The number of ether oxygens (including phenoxy) is 2. The smallest absolute Gasteiger partial charge is 0.343 e. The molecule has 0 heterocycles. The van der Waals surface area contributed by atoms with Gasteiger partial charge < -0.3 is 9.47 Å². The summed E-state index contributed by atoms with van der Waals surface area (Å²) in [5.41, 5.74) is 1.68. The van der Waals surface area contributed by atoms with Crippen LogP contribution in [-0.2, 0) is 26.0 Å². The molecule has 0 atom stereocenters. The molecular weight excluding hydrogens is 342 g/mol. The highest BCUT2D eigenvalue weighted by molar-refractivity contribution is 7.89. The van der Waals surface area contributed by atoms with Crippen LogP contribution >= 0.6 is 0 Å². The molecule has 0 aliphatic heterocycles. The molecule has 0 saturated heterocycles. The zero-order valence-electron chi connectivity index (χ0n) is 14.2. The number of esters is 1. The van der Waals surface area contributed by atoms with Crippen LogP contribution in [0.1, 0.15) is 11.1 Å². The highest BCUT2D eigenvalue weighted by Crippen LogP contribution is 2.21. The summed E-state index contributed by atoms with van der Waals surface area (Å²) in [7, 11) is -2.33. The van der Waals surface area contributed by atoms with Crippen molar-refractivity contribution in [2.75, 3.05) is 20.3 Å². The average molecular weight is 363 g/mol. The summed E-state index contributed by atoms with van der Waals surface area (Å²) in [5.74, 6) is -0.0627. The Morgan fingerprint density at radius 3 is 2.48 bits per heavy atom. The zero-order chi connectivity index (χ0) is 18.3. The molecule has 0 amide bonds. The number of aryl methyl sites for hydroxylation is 1. The van der Waals surface area contributed by atoms with Gasteiger partial charge in [0.15, 0.2) is 6.61 Å². The Morgan fingerprint density at radius 2 is 1.84 bits per heavy atom. The van der Waals surface area contributed by atoms with Crippen molar-refractivity contribution in [1.29, 1.82) is 0 Å². The lowest BCUT2D eigenvalue weighted by molar-refractivity contribution is -0.142. The quantitative estimate of drug-likeness (QED) is 0.726. The fraction of sp³-hybridized carbons (Fsp3) is 0.278. The minimum Gasteiger partial charge on any atom is -0.482 e. The van der Waals surface area contributed by atoms with Crippen molar-refractivity contribution in [2.24, 2.45) is 0 Å². The number of nitrogens with one attached hydrogen (secondary N) is 1. The summed E-state index contributed by atoms with van der Waals surface area (Å²) >= 11 is 0. The van der Waals surface area contributed by atoms with E-state index in [1.165, 1.54) is 25.3 Å². The van der Waals surface area contributed by atoms with E-state index in [0.29, 0.717) is 24.3 Å². The van der Waals surface area contributed by atoms with Crippen LogP contribution in [-0.4, -0.2) is 34.6 Å². The van der Waals surface area contributed by atoms with E-state index >= 15 is 0 Å². The first-order chi connectivity index (χ1) is 11.9. The van der Waals surface area contributed by atoms with Crippen molar-refractivity contribution in [3.05, 3.63) is 59.7 Å². The number of hydrogen-bond donors (Lipinski definition) is 1. The van der Waals surface area contributed by atoms with Crippen LogP contribution in [0.4, 0.5) is 0 Å². The Balaban J connectivity index is 1.99. The van der Waals surface area contributed by atoms with Crippen molar-refractivity contribution in [2.45, 2.75) is 18.2 Å². The van der Waals surface area contributed by atoms with Gasteiger partial charge in [0.2, 0.25) is 10.0 Å². The first kappa shape index (κ1) is 19.0. The molecule has 1 N–H and O–H groups in total. The maximum Gasteiger partial charge on any atom is 0.343 e. The molecule has 2 aromatic carbocycles. The van der Waals surface area contributed by atoms with E-state index in [-0.39, 0.29) is 11.5 Å². The summed E-state index contributed by atoms with van der Waals surface area (Å²) < 4.78 is 37.1. The second kappa shape index (κ2) is 8.64. The maximum absolute atomic E-state index is 12.4. The lowest BCUT2D eigenvalue weighted by atomic mass is 10.2. The molecule has 0 aromatic heterocycles. The molecule has 7 heteroatoms. The molecule has 2 aromatic rings. The van der Waals surface area contributed by atoms with Crippen molar-refractivity contribution < 1.29 is 22.7 Å². The van der Waals surface area contributed by atoms with Gasteiger partial charge in [-0.05, 0) is 42.7 Å². The summed E-state index contributed by atoms with van der Waals surface area (Å²) in [5, 5.41) is 0. The van der Waals surface area contributed by atoms with Gasteiger partial charge in [-0.1, -0.05) is 30.3 Å². The molecule has 0 unspecified atom stereocenters. The van der Waals surface area contributed by atoms with Gasteiger partial charge in [-0.3, -0.25) is 0 Å². The minimum absolute atomic E-state index is 0.156. The first-order valence-corrected chi connectivity index (χ1v) is 9.24. The summed E-state index contributed by atoms with van der Waals surface area (Å²) in [6.07, 6.45) is 0.610. The topological polar surface area (TPSA) is 81.7 Å². The van der Waals surface area contributed by atoms with Crippen molar-refractivity contribution >= 4 is 16.0 Å². The summed E-state index contributed by atoms with van der Waals surface area (Å²) in [4.78, 5) is 11.3. The highest BCUT2D eigenvalue weighted by Gasteiger charge is 2.15. The van der Waals surface area contributed by atoms with Gasteiger partial charge >= 0.3 is 5.97 Å². The van der Waals surface area contributed by atoms with Crippen LogP contribution < -0.4 is 9.46 Å². The third-order valence-corrected chi connectivity index (χ3v) is 5.04. The lowest BCUT2D eigenvalue weighted by Gasteiger charge is -2.11. The Bertz CT molecular complexity index is 819. The standard InChI is InChI=1S/C18H21NO5S/c1-14-12-16(8-9-17(14)24-13-18(20)23-2)25(21,22)19-11-10-15-6-4-3-5-7-15/h3-9,12,19H,10-11,13H2,1-2H3. The van der Waals surface area contributed by atoms with Gasteiger partial charge in [0, 0.05) is 6.54 Å². The van der Waals surface area contributed by atoms with E-state index in [0.717, 1.165) is 5.56 Å². The van der Waals surface area contributed by atoms with Crippen LogP contribution in [0, 0.1) is 6.92 Å². The van der Waals surface area contributed by atoms with Crippen LogP contribution in [0.2, 0.25) is 0 Å². The highest BCUT2D eigenvalue weighted by atomic mass is 32.2. The SMILES string of the molecule is COC(=O)COc1ccc(S(=O)(=O)NCCc2ccccc2)cc1C. The number of sulfonamides is 1. The van der Waals surface area contributed by atoms with E-state index in [1.807, 2.05) is 30.3 Å². The monoisotopic (exact) mass is 363 g/mol. The molecule has 2 rings (SSSR count). The number of rotatable bonds is 8. The summed E-state index contributed by atoms with van der Waals surface area (Å²) in [6, 6.07) is 14.1. The van der Waals surface area contributed by atoms with Crippen LogP contribution in [0.25, 0.3) is 0 Å². The Hall–Kier alpha value is -2.38. The second-order valence-corrected chi connectivity index (χ2v) is 7.19. The molecule has 0 radical (unpaired) electrons. The third-order valence-electron chi connectivity index (χ3n) is 3.58. The number of carbonyl (C=O) groups excluding carboxylic acids is 1. The van der Waals surface area contributed by atoms with Crippen molar-refractivity contribution in [3.8, 4) is 5.75 Å². The fourth-order valence-electron chi connectivity index (χ4n) is 2.20. The summed E-state index contributed by atoms with van der Waals surface area (Å²) in [6.45, 7) is 1.81. The van der Waals surface area contributed by atoms with E-state index < -0.39 is 16.0 Å². The van der Waals surface area contributed by atoms with Gasteiger partial charge in [-0.25, -0.2) is 17.9 Å². The second-order valence-electron chi connectivity index (χ2n) is 5.43. The predicted octanol–water partition coefficient (Wildman–Crippen LogP) is 2.07. The molecule has 0 bridgehead atoms. The minimum atomic E-state index is -3.60. The molecule has 6 nitrogen and oxygen atoms in total. The fourth-order valence-corrected chi connectivity index (χ4v) is 3.32. The molecule has 0 aliphatic rings. The molecule has 0 aliphatic carbocycles. The van der Waals surface area contributed by atoms with Gasteiger partial charge in [0.25, 0.3) is 0 Å². The van der Waals surface area contributed by atoms with Crippen molar-refractivity contribution in [3.63, 3.8) is 0 Å². The van der Waals surface area contributed by atoms with E-state index in [4.69, 9.17) is 4.74 Å². The van der Waals surface area contributed by atoms with Gasteiger partial charge in [0.05, 0.1) is 12.0 Å². The number of hydrogen-bond acceptors (Lipinski definition) is 5. The maximum atomic E-state index is 12.4. The number of methoxy groups -OCH3 is 1. The molecular formula is C18H21NO5S. The first-order valence-electron chi connectivity index (χ1n) is 7.76. The van der Waals surface area contributed by atoms with Gasteiger partial charge in [-0.15, -0.1) is 0 Å². The van der Waals surface area contributed by atoms with Gasteiger partial charge in [0.1, 0.15) is 5.75 Å². The Labute approximate surface area is 147 Å². The van der Waals surface area contributed by atoms with E-state index in [1.54, 1.807) is 6.92 Å². The lowest BCUT2D eigenvalue weighted by Crippen LogP contribution is -2.26. The predicted molar refractivity (Wildman–Crippen MR) is 94.0 cm³/mol. The molecule has 0 spiro atoms. The van der Waals surface area contributed by atoms with Gasteiger partial charge in [-0.2, -0.15) is 0 Å². The van der Waals surface area contributed by atoms with Crippen LogP contribution in [0.15, 0.2) is 53.4 Å². The number of benzene rings is 2. The average Bonchev–Trinajstić information content (AvgIpc) is 2.61. The van der Waals surface area contributed by atoms with Crippen molar-refractivity contribution in [1.82, 2.24) is 4.72 Å².